The summed E-state index contributed by atoms with van der Waals surface area (Å²) in [5.74, 6) is -0.317. The van der Waals surface area contributed by atoms with Crippen molar-refractivity contribution in [3.63, 3.8) is 0 Å². The molecule has 0 spiro atoms. The van der Waals surface area contributed by atoms with Crippen molar-refractivity contribution in [3.05, 3.63) is 29.3 Å². The van der Waals surface area contributed by atoms with Crippen molar-refractivity contribution in [1.29, 1.82) is 0 Å². The number of anilines is 1. The van der Waals surface area contributed by atoms with Crippen LogP contribution in [0, 0.1) is 13.8 Å². The van der Waals surface area contributed by atoms with Gasteiger partial charge in [0.15, 0.2) is 5.11 Å². The number of carbonyl (C=O) groups is 1. The minimum atomic E-state index is -0.317. The third kappa shape index (κ3) is 4.71. The molecule has 98 valence electrons. The molecule has 0 unspecified atom stereocenters. The number of ether oxygens (including phenoxy) is 1. The number of aryl methyl sites for hydroxylation is 2. The lowest BCUT2D eigenvalue weighted by Gasteiger charge is -2.12. The number of hydrogen-bond donors (Lipinski definition) is 2. The maximum atomic E-state index is 11.1. The van der Waals surface area contributed by atoms with Crippen LogP contribution >= 0.6 is 12.2 Å². The summed E-state index contributed by atoms with van der Waals surface area (Å²) in [5, 5.41) is 6.28. The summed E-state index contributed by atoms with van der Waals surface area (Å²) in [5.41, 5.74) is 3.19. The van der Waals surface area contributed by atoms with E-state index in [1.807, 2.05) is 32.0 Å². The average molecular weight is 266 g/mol. The summed E-state index contributed by atoms with van der Waals surface area (Å²) >= 11 is 5.11. The van der Waals surface area contributed by atoms with E-state index in [1.165, 1.54) is 0 Å². The minimum Gasteiger partial charge on any atom is -0.465 e. The summed E-state index contributed by atoms with van der Waals surface area (Å²) in [4.78, 5) is 11.1. The van der Waals surface area contributed by atoms with E-state index < -0.39 is 0 Å². The van der Waals surface area contributed by atoms with Gasteiger partial charge in [-0.05, 0) is 50.2 Å². The Morgan fingerprint density at radius 2 is 2.11 bits per heavy atom. The number of nitrogens with one attached hydrogen (secondary N) is 2. The number of rotatable bonds is 4. The maximum absolute atomic E-state index is 11.1. The highest BCUT2D eigenvalue weighted by Crippen LogP contribution is 2.15. The third-order valence-corrected chi connectivity index (χ3v) is 2.59. The van der Waals surface area contributed by atoms with Gasteiger partial charge in [-0.1, -0.05) is 12.1 Å². The first-order chi connectivity index (χ1) is 8.52. The Labute approximate surface area is 113 Å². The van der Waals surface area contributed by atoms with Crippen LogP contribution in [0.1, 0.15) is 18.1 Å². The van der Waals surface area contributed by atoms with E-state index in [1.54, 1.807) is 6.92 Å². The number of esters is 1. The number of hydrogen-bond acceptors (Lipinski definition) is 3. The van der Waals surface area contributed by atoms with Crippen molar-refractivity contribution in [1.82, 2.24) is 5.32 Å². The van der Waals surface area contributed by atoms with Crippen molar-refractivity contribution < 1.29 is 9.53 Å². The molecule has 0 saturated heterocycles. The normalized spacial score (nSPS) is 9.72. The van der Waals surface area contributed by atoms with Gasteiger partial charge in [0.05, 0.1) is 6.61 Å². The Morgan fingerprint density at radius 1 is 1.39 bits per heavy atom. The average Bonchev–Trinajstić information content (AvgIpc) is 2.32. The molecular weight excluding hydrogens is 248 g/mol. The lowest BCUT2D eigenvalue weighted by molar-refractivity contribution is -0.141. The van der Waals surface area contributed by atoms with Gasteiger partial charge in [0.25, 0.3) is 0 Å². The van der Waals surface area contributed by atoms with Crippen LogP contribution in [0.4, 0.5) is 5.69 Å². The number of benzene rings is 1. The molecule has 4 nitrogen and oxygen atoms in total. The van der Waals surface area contributed by atoms with Crippen LogP contribution in [0.15, 0.2) is 18.2 Å². The standard InChI is InChI=1S/C13H18N2O2S/c1-4-17-12(16)8-14-13(18)15-11-7-9(2)5-6-10(11)3/h5-7H,4,8H2,1-3H3,(H2,14,15,18). The zero-order chi connectivity index (χ0) is 13.5. The molecule has 0 aromatic heterocycles. The van der Waals surface area contributed by atoms with Crippen LogP contribution in [0.2, 0.25) is 0 Å². The molecule has 5 heteroatoms. The van der Waals surface area contributed by atoms with E-state index in [9.17, 15) is 4.79 Å². The zero-order valence-electron chi connectivity index (χ0n) is 10.9. The summed E-state index contributed by atoms with van der Waals surface area (Å²) in [6.45, 7) is 6.22. The van der Waals surface area contributed by atoms with Crippen LogP contribution in [-0.2, 0) is 9.53 Å². The van der Waals surface area contributed by atoms with E-state index in [0.717, 1.165) is 16.8 Å². The second kappa shape index (κ2) is 6.96. The maximum Gasteiger partial charge on any atom is 0.325 e. The van der Waals surface area contributed by atoms with Crippen molar-refractivity contribution >= 4 is 29.0 Å². The Kier molecular flexibility index (Phi) is 5.58. The van der Waals surface area contributed by atoms with E-state index >= 15 is 0 Å². The fourth-order valence-electron chi connectivity index (χ4n) is 1.40. The molecule has 1 aromatic carbocycles. The van der Waals surface area contributed by atoms with E-state index in [-0.39, 0.29) is 12.5 Å². The third-order valence-electron chi connectivity index (χ3n) is 2.34. The quantitative estimate of drug-likeness (QED) is 0.646. The van der Waals surface area contributed by atoms with Crippen LogP contribution in [0.5, 0.6) is 0 Å². The molecule has 0 amide bonds. The van der Waals surface area contributed by atoms with Crippen LogP contribution in [0.25, 0.3) is 0 Å². The van der Waals surface area contributed by atoms with Crippen molar-refractivity contribution in [3.8, 4) is 0 Å². The topological polar surface area (TPSA) is 50.4 Å². The fraction of sp³-hybridized carbons (Fsp3) is 0.385. The Balaban J connectivity index is 2.49. The molecule has 0 radical (unpaired) electrons. The number of carbonyl (C=O) groups excluding carboxylic acids is 1. The monoisotopic (exact) mass is 266 g/mol. The predicted octanol–water partition coefficient (Wildman–Crippen LogP) is 2.15. The zero-order valence-corrected chi connectivity index (χ0v) is 11.7. The van der Waals surface area contributed by atoms with Crippen LogP contribution < -0.4 is 10.6 Å². The molecule has 2 N–H and O–H groups in total. The summed E-state index contributed by atoms with van der Waals surface area (Å²) in [7, 11) is 0. The Hall–Kier alpha value is -1.62. The summed E-state index contributed by atoms with van der Waals surface area (Å²) in [6, 6.07) is 6.06. The van der Waals surface area contributed by atoms with Crippen molar-refractivity contribution in [2.75, 3.05) is 18.5 Å². The van der Waals surface area contributed by atoms with Gasteiger partial charge in [0.2, 0.25) is 0 Å². The lowest BCUT2D eigenvalue weighted by atomic mass is 10.1. The predicted molar refractivity (Wildman–Crippen MR) is 76.8 cm³/mol. The first-order valence-electron chi connectivity index (χ1n) is 5.80. The molecule has 0 heterocycles. The van der Waals surface area contributed by atoms with E-state index in [2.05, 4.69) is 10.6 Å². The Bertz CT molecular complexity index is 447. The molecule has 18 heavy (non-hydrogen) atoms. The minimum absolute atomic E-state index is 0.0739. The lowest BCUT2D eigenvalue weighted by Crippen LogP contribution is -2.34. The van der Waals surface area contributed by atoms with Gasteiger partial charge in [-0.15, -0.1) is 0 Å². The van der Waals surface area contributed by atoms with Gasteiger partial charge in [-0.2, -0.15) is 0 Å². The molecule has 0 aliphatic heterocycles. The highest BCUT2D eigenvalue weighted by atomic mass is 32.1. The molecule has 0 aliphatic carbocycles. The SMILES string of the molecule is CCOC(=O)CNC(=S)Nc1cc(C)ccc1C. The van der Waals surface area contributed by atoms with Gasteiger partial charge in [0, 0.05) is 5.69 Å². The fourth-order valence-corrected chi connectivity index (χ4v) is 1.58. The van der Waals surface area contributed by atoms with Crippen molar-refractivity contribution in [2.24, 2.45) is 0 Å². The van der Waals surface area contributed by atoms with Crippen LogP contribution in [-0.4, -0.2) is 24.2 Å². The molecule has 0 saturated carbocycles. The number of thiocarbonyl (C=S) groups is 1. The van der Waals surface area contributed by atoms with Gasteiger partial charge < -0.3 is 15.4 Å². The van der Waals surface area contributed by atoms with E-state index in [4.69, 9.17) is 17.0 Å². The van der Waals surface area contributed by atoms with E-state index in [0.29, 0.717) is 11.7 Å². The van der Waals surface area contributed by atoms with Crippen molar-refractivity contribution in [2.45, 2.75) is 20.8 Å². The molecule has 0 atom stereocenters. The molecule has 1 rings (SSSR count). The second-order valence-electron chi connectivity index (χ2n) is 3.93. The summed E-state index contributed by atoms with van der Waals surface area (Å²) in [6.07, 6.45) is 0. The molecule has 0 aliphatic rings. The molecular formula is C13H18N2O2S. The molecule has 0 bridgehead atoms. The van der Waals surface area contributed by atoms with Gasteiger partial charge in [-0.25, -0.2) is 0 Å². The van der Waals surface area contributed by atoms with Gasteiger partial charge in [-0.3, -0.25) is 4.79 Å². The Morgan fingerprint density at radius 3 is 2.78 bits per heavy atom. The smallest absolute Gasteiger partial charge is 0.325 e. The first-order valence-corrected chi connectivity index (χ1v) is 6.21. The summed E-state index contributed by atoms with van der Waals surface area (Å²) < 4.78 is 4.80. The molecule has 1 aromatic rings. The van der Waals surface area contributed by atoms with Crippen LogP contribution in [0.3, 0.4) is 0 Å². The van der Waals surface area contributed by atoms with Gasteiger partial charge >= 0.3 is 5.97 Å². The largest absolute Gasteiger partial charge is 0.465 e. The highest BCUT2D eigenvalue weighted by Gasteiger charge is 2.04. The van der Waals surface area contributed by atoms with Gasteiger partial charge in [0.1, 0.15) is 6.54 Å². The molecule has 0 fully saturated rings. The first kappa shape index (κ1) is 14.4. The second-order valence-corrected chi connectivity index (χ2v) is 4.34. The highest BCUT2D eigenvalue weighted by molar-refractivity contribution is 7.80.